The molecule has 3 N–H and O–H groups in total. The summed E-state index contributed by atoms with van der Waals surface area (Å²) < 4.78 is 0. The van der Waals surface area contributed by atoms with E-state index in [9.17, 15) is 4.79 Å². The number of aliphatic hydroxyl groups excluding tert-OH is 1. The van der Waals surface area contributed by atoms with Gasteiger partial charge >= 0.3 is 6.03 Å². The lowest BCUT2D eigenvalue weighted by Crippen LogP contribution is -2.43. The molecule has 4 nitrogen and oxygen atoms in total. The summed E-state index contributed by atoms with van der Waals surface area (Å²) in [4.78, 5) is 11.3. The topological polar surface area (TPSA) is 61.4 Å². The number of hydrogen-bond acceptors (Lipinski definition) is 2. The lowest BCUT2D eigenvalue weighted by atomic mass is 10.1. The summed E-state index contributed by atoms with van der Waals surface area (Å²) in [5, 5.41) is 14.4. The predicted octanol–water partition coefficient (Wildman–Crippen LogP) is 1.49. The van der Waals surface area contributed by atoms with E-state index in [0.717, 1.165) is 19.3 Å². The molecule has 0 aliphatic rings. The van der Waals surface area contributed by atoms with Crippen molar-refractivity contribution in [3.8, 4) is 0 Å². The van der Waals surface area contributed by atoms with Crippen molar-refractivity contribution in [2.24, 2.45) is 5.92 Å². The molecule has 1 unspecified atom stereocenters. The Balaban J connectivity index is 3.48. The van der Waals surface area contributed by atoms with Crippen molar-refractivity contribution < 1.29 is 9.90 Å². The third-order valence-electron chi connectivity index (χ3n) is 2.29. The molecule has 90 valence electrons. The van der Waals surface area contributed by atoms with Crippen LogP contribution in [0, 0.1) is 5.92 Å². The number of rotatable bonds is 7. The number of carbonyl (C=O) groups is 1. The highest BCUT2D eigenvalue weighted by atomic mass is 16.3. The second kappa shape index (κ2) is 8.53. The van der Waals surface area contributed by atoms with Crippen molar-refractivity contribution in [3.05, 3.63) is 0 Å². The smallest absolute Gasteiger partial charge is 0.315 e. The molecule has 0 saturated heterocycles. The molecule has 0 aliphatic heterocycles. The van der Waals surface area contributed by atoms with Crippen LogP contribution >= 0.6 is 0 Å². The van der Waals surface area contributed by atoms with Crippen LogP contribution in [0.25, 0.3) is 0 Å². The van der Waals surface area contributed by atoms with Crippen molar-refractivity contribution in [2.45, 2.75) is 46.1 Å². The van der Waals surface area contributed by atoms with Gasteiger partial charge in [-0.15, -0.1) is 0 Å². The molecule has 0 heterocycles. The van der Waals surface area contributed by atoms with Crippen molar-refractivity contribution in [1.82, 2.24) is 10.6 Å². The van der Waals surface area contributed by atoms with Crippen LogP contribution in [0.1, 0.15) is 40.0 Å². The summed E-state index contributed by atoms with van der Waals surface area (Å²) in [6.45, 7) is 6.96. The number of nitrogens with one attached hydrogen (secondary N) is 2. The van der Waals surface area contributed by atoms with Crippen LogP contribution < -0.4 is 10.6 Å². The monoisotopic (exact) mass is 216 g/mol. The minimum Gasteiger partial charge on any atom is -0.394 e. The highest BCUT2D eigenvalue weighted by Gasteiger charge is 2.07. The van der Waals surface area contributed by atoms with Crippen LogP contribution in [0.5, 0.6) is 0 Å². The van der Waals surface area contributed by atoms with Crippen LogP contribution in [0.2, 0.25) is 0 Å². The molecule has 0 rings (SSSR count). The molecular weight excluding hydrogens is 192 g/mol. The Morgan fingerprint density at radius 1 is 1.40 bits per heavy atom. The van der Waals surface area contributed by atoms with Gasteiger partial charge in [0.2, 0.25) is 0 Å². The molecule has 0 fully saturated rings. The highest BCUT2D eigenvalue weighted by Crippen LogP contribution is 2.01. The van der Waals surface area contributed by atoms with E-state index in [4.69, 9.17) is 5.11 Å². The maximum Gasteiger partial charge on any atom is 0.315 e. The van der Waals surface area contributed by atoms with Crippen LogP contribution in [0.4, 0.5) is 4.79 Å². The van der Waals surface area contributed by atoms with E-state index in [1.165, 1.54) is 0 Å². The Hall–Kier alpha value is -0.770. The highest BCUT2D eigenvalue weighted by molar-refractivity contribution is 5.74. The van der Waals surface area contributed by atoms with Gasteiger partial charge < -0.3 is 15.7 Å². The van der Waals surface area contributed by atoms with E-state index in [2.05, 4.69) is 24.5 Å². The third kappa shape index (κ3) is 8.24. The zero-order valence-corrected chi connectivity index (χ0v) is 10.0. The van der Waals surface area contributed by atoms with E-state index in [1.54, 1.807) is 0 Å². The standard InChI is InChI=1S/C11H24N2O2/c1-4-10(8-14)13-11(15)12-7-5-6-9(2)3/h9-10,14H,4-8H2,1-3H3,(H2,12,13,15). The Kier molecular flexibility index (Phi) is 8.09. The minimum atomic E-state index is -0.181. The molecule has 0 aliphatic carbocycles. The van der Waals surface area contributed by atoms with Gasteiger partial charge in [-0.1, -0.05) is 20.8 Å². The number of aliphatic hydroxyl groups is 1. The van der Waals surface area contributed by atoms with Crippen LogP contribution in [0.3, 0.4) is 0 Å². The van der Waals surface area contributed by atoms with Gasteiger partial charge in [-0.25, -0.2) is 4.79 Å². The van der Waals surface area contributed by atoms with Crippen LogP contribution in [-0.2, 0) is 0 Å². The molecule has 2 amide bonds. The molecule has 0 bridgehead atoms. The van der Waals surface area contributed by atoms with Crippen molar-refractivity contribution in [3.63, 3.8) is 0 Å². The second-order valence-corrected chi connectivity index (χ2v) is 4.22. The quantitative estimate of drug-likeness (QED) is 0.565. The van der Waals surface area contributed by atoms with Crippen LogP contribution in [0.15, 0.2) is 0 Å². The van der Waals surface area contributed by atoms with E-state index < -0.39 is 0 Å². The van der Waals surface area contributed by atoms with Crippen LogP contribution in [-0.4, -0.2) is 30.3 Å². The molecule has 0 spiro atoms. The van der Waals surface area contributed by atoms with Crippen molar-refractivity contribution in [2.75, 3.05) is 13.2 Å². The Morgan fingerprint density at radius 3 is 2.53 bits per heavy atom. The summed E-state index contributed by atoms with van der Waals surface area (Å²) in [7, 11) is 0. The van der Waals surface area contributed by atoms with Gasteiger partial charge in [0.15, 0.2) is 0 Å². The maximum absolute atomic E-state index is 11.3. The summed E-state index contributed by atoms with van der Waals surface area (Å²) in [6, 6.07) is -0.310. The van der Waals surface area contributed by atoms with Crippen molar-refractivity contribution >= 4 is 6.03 Å². The summed E-state index contributed by atoms with van der Waals surface area (Å²) in [5.74, 6) is 0.677. The zero-order chi connectivity index (χ0) is 11.7. The molecule has 0 saturated carbocycles. The number of urea groups is 1. The van der Waals surface area contributed by atoms with Gasteiger partial charge in [-0.3, -0.25) is 0 Å². The van der Waals surface area contributed by atoms with E-state index in [-0.39, 0.29) is 18.7 Å². The number of hydrogen-bond donors (Lipinski definition) is 3. The fraction of sp³-hybridized carbons (Fsp3) is 0.909. The third-order valence-corrected chi connectivity index (χ3v) is 2.29. The van der Waals surface area contributed by atoms with Gasteiger partial charge in [0.05, 0.1) is 12.6 Å². The molecule has 0 aromatic rings. The zero-order valence-electron chi connectivity index (χ0n) is 10.0. The van der Waals surface area contributed by atoms with Gasteiger partial charge in [0, 0.05) is 6.54 Å². The first-order valence-electron chi connectivity index (χ1n) is 5.75. The number of carbonyl (C=O) groups excluding carboxylic acids is 1. The molecule has 0 aromatic carbocycles. The van der Waals surface area contributed by atoms with Crippen molar-refractivity contribution in [1.29, 1.82) is 0 Å². The molecule has 15 heavy (non-hydrogen) atoms. The Morgan fingerprint density at radius 2 is 2.07 bits per heavy atom. The fourth-order valence-electron chi connectivity index (χ4n) is 1.23. The van der Waals surface area contributed by atoms with Gasteiger partial charge in [0.25, 0.3) is 0 Å². The Labute approximate surface area is 92.4 Å². The average molecular weight is 216 g/mol. The van der Waals surface area contributed by atoms with Gasteiger partial charge in [0.1, 0.15) is 0 Å². The SMILES string of the molecule is CCC(CO)NC(=O)NCCCC(C)C. The molecule has 1 atom stereocenters. The summed E-state index contributed by atoms with van der Waals surface area (Å²) >= 11 is 0. The summed E-state index contributed by atoms with van der Waals surface area (Å²) in [6.07, 6.45) is 2.87. The molecular formula is C11H24N2O2. The minimum absolute atomic E-state index is 0.00405. The lowest BCUT2D eigenvalue weighted by Gasteiger charge is -2.14. The Bertz CT molecular complexity index is 168. The lowest BCUT2D eigenvalue weighted by molar-refractivity contribution is 0.214. The van der Waals surface area contributed by atoms with E-state index in [1.807, 2.05) is 6.92 Å². The molecule has 0 aromatic heterocycles. The fourth-order valence-corrected chi connectivity index (χ4v) is 1.23. The summed E-state index contributed by atoms with van der Waals surface area (Å²) in [5.41, 5.74) is 0. The average Bonchev–Trinajstić information content (AvgIpc) is 2.20. The first-order chi connectivity index (χ1) is 7.10. The largest absolute Gasteiger partial charge is 0.394 e. The maximum atomic E-state index is 11.3. The van der Waals surface area contributed by atoms with E-state index in [0.29, 0.717) is 12.5 Å². The van der Waals surface area contributed by atoms with Gasteiger partial charge in [-0.2, -0.15) is 0 Å². The van der Waals surface area contributed by atoms with E-state index >= 15 is 0 Å². The van der Waals surface area contributed by atoms with Gasteiger partial charge in [-0.05, 0) is 25.2 Å². The second-order valence-electron chi connectivity index (χ2n) is 4.22. The molecule has 0 radical (unpaired) electrons. The normalized spacial score (nSPS) is 12.6. The molecule has 4 heteroatoms. The number of amides is 2. The first-order valence-corrected chi connectivity index (χ1v) is 5.75. The first kappa shape index (κ1) is 14.2. The predicted molar refractivity (Wildman–Crippen MR) is 61.8 cm³/mol.